The van der Waals surface area contributed by atoms with Crippen molar-refractivity contribution in [1.82, 2.24) is 9.97 Å². The Kier molecular flexibility index (Phi) is 3.86. The average Bonchev–Trinajstić information content (AvgIpc) is 2.29. The van der Waals surface area contributed by atoms with Gasteiger partial charge >= 0.3 is 0 Å². The number of benzene rings is 1. The summed E-state index contributed by atoms with van der Waals surface area (Å²) < 4.78 is 0.890. The maximum atomic E-state index is 6.06. The zero-order valence-corrected chi connectivity index (χ0v) is 11.9. The fraction of sp³-hybridized carbons (Fsp3) is 0.0909. The lowest BCUT2D eigenvalue weighted by atomic mass is 10.2. The number of aryl methyl sites for hydroxylation is 1. The van der Waals surface area contributed by atoms with E-state index in [0.717, 1.165) is 15.7 Å². The van der Waals surface area contributed by atoms with Gasteiger partial charge in [0.1, 0.15) is 0 Å². The number of aromatic nitrogens is 2. The molecule has 0 atom stereocenters. The van der Waals surface area contributed by atoms with Crippen LogP contribution in [0.15, 0.2) is 29.0 Å². The maximum Gasteiger partial charge on any atom is 0.171 e. The number of rotatable bonds is 2. The fourth-order valence-corrected chi connectivity index (χ4v) is 2.15. The van der Waals surface area contributed by atoms with Crippen LogP contribution in [0.1, 0.15) is 5.56 Å². The number of halogens is 3. The van der Waals surface area contributed by atoms with E-state index in [9.17, 15) is 0 Å². The van der Waals surface area contributed by atoms with Gasteiger partial charge in [-0.25, -0.2) is 9.97 Å². The van der Waals surface area contributed by atoms with Gasteiger partial charge in [-0.1, -0.05) is 23.2 Å². The number of nitrogens with one attached hydrogen (secondary N) is 1. The van der Waals surface area contributed by atoms with Crippen molar-refractivity contribution in [2.75, 3.05) is 5.32 Å². The fourth-order valence-electron chi connectivity index (χ4n) is 1.27. The summed E-state index contributed by atoms with van der Waals surface area (Å²) in [6.07, 6.45) is 3.10. The van der Waals surface area contributed by atoms with Crippen molar-refractivity contribution in [1.29, 1.82) is 0 Å². The standard InChI is InChI=1S/C11H8BrCl2N3/c1-6-4-7(12)9(5-8(6)13)17-11-10(14)15-2-3-16-11/h2-5H,1H3,(H,16,17). The lowest BCUT2D eigenvalue weighted by Crippen LogP contribution is -1.97. The first kappa shape index (κ1) is 12.6. The van der Waals surface area contributed by atoms with Crippen molar-refractivity contribution in [3.05, 3.63) is 44.7 Å². The van der Waals surface area contributed by atoms with Crippen LogP contribution >= 0.6 is 39.1 Å². The molecule has 2 rings (SSSR count). The Morgan fingerprint density at radius 1 is 1.18 bits per heavy atom. The van der Waals surface area contributed by atoms with Crippen LogP contribution in [0.3, 0.4) is 0 Å². The minimum Gasteiger partial charge on any atom is -0.337 e. The molecule has 17 heavy (non-hydrogen) atoms. The van der Waals surface area contributed by atoms with Crippen LogP contribution in [0.25, 0.3) is 0 Å². The lowest BCUT2D eigenvalue weighted by molar-refractivity contribution is 1.20. The van der Waals surface area contributed by atoms with Gasteiger partial charge in [-0.2, -0.15) is 0 Å². The Morgan fingerprint density at radius 2 is 1.88 bits per heavy atom. The van der Waals surface area contributed by atoms with E-state index in [4.69, 9.17) is 23.2 Å². The van der Waals surface area contributed by atoms with Gasteiger partial charge in [0.15, 0.2) is 11.0 Å². The van der Waals surface area contributed by atoms with Crippen LogP contribution in [0.2, 0.25) is 10.2 Å². The number of hydrogen-bond donors (Lipinski definition) is 1. The van der Waals surface area contributed by atoms with E-state index >= 15 is 0 Å². The number of hydrogen-bond acceptors (Lipinski definition) is 3. The van der Waals surface area contributed by atoms with Gasteiger partial charge in [0.05, 0.1) is 5.69 Å². The SMILES string of the molecule is Cc1cc(Br)c(Nc2nccnc2Cl)cc1Cl. The van der Waals surface area contributed by atoms with Gasteiger partial charge in [0.2, 0.25) is 0 Å². The molecule has 0 amide bonds. The predicted octanol–water partition coefficient (Wildman–Crippen LogP) is 4.60. The summed E-state index contributed by atoms with van der Waals surface area (Å²) in [6, 6.07) is 3.74. The van der Waals surface area contributed by atoms with E-state index in [-0.39, 0.29) is 0 Å². The molecule has 0 saturated carbocycles. The van der Waals surface area contributed by atoms with Gasteiger partial charge in [-0.15, -0.1) is 0 Å². The van der Waals surface area contributed by atoms with Crippen molar-refractivity contribution in [3.63, 3.8) is 0 Å². The smallest absolute Gasteiger partial charge is 0.171 e. The Labute approximate surface area is 117 Å². The van der Waals surface area contributed by atoms with Gasteiger partial charge < -0.3 is 5.32 Å². The van der Waals surface area contributed by atoms with Crippen molar-refractivity contribution >= 4 is 50.6 Å². The molecule has 0 aliphatic rings. The highest BCUT2D eigenvalue weighted by Gasteiger charge is 2.07. The molecule has 0 saturated heterocycles. The van der Waals surface area contributed by atoms with Crippen LogP contribution in [0, 0.1) is 6.92 Å². The van der Waals surface area contributed by atoms with Gasteiger partial charge in [0.25, 0.3) is 0 Å². The maximum absolute atomic E-state index is 6.06. The molecular weight excluding hydrogens is 325 g/mol. The second kappa shape index (κ2) is 5.21. The molecule has 1 aromatic carbocycles. The summed E-state index contributed by atoms with van der Waals surface area (Å²) in [6.45, 7) is 1.94. The first-order valence-corrected chi connectivity index (χ1v) is 6.32. The molecule has 0 unspecified atom stereocenters. The van der Waals surface area contributed by atoms with E-state index in [1.807, 2.05) is 19.1 Å². The molecule has 6 heteroatoms. The van der Waals surface area contributed by atoms with E-state index in [1.165, 1.54) is 6.20 Å². The normalized spacial score (nSPS) is 10.4. The molecule has 1 N–H and O–H groups in total. The summed E-state index contributed by atoms with van der Waals surface area (Å²) in [4.78, 5) is 8.03. The monoisotopic (exact) mass is 331 g/mol. The van der Waals surface area contributed by atoms with E-state index in [2.05, 4.69) is 31.2 Å². The van der Waals surface area contributed by atoms with Crippen LogP contribution in [-0.2, 0) is 0 Å². The molecule has 0 aliphatic carbocycles. The van der Waals surface area contributed by atoms with Crippen molar-refractivity contribution in [3.8, 4) is 0 Å². The quantitative estimate of drug-likeness (QED) is 0.873. The topological polar surface area (TPSA) is 37.8 Å². The molecular formula is C11H8BrCl2N3. The second-order valence-electron chi connectivity index (χ2n) is 3.40. The molecule has 1 heterocycles. The molecule has 0 spiro atoms. The van der Waals surface area contributed by atoms with Crippen LogP contribution in [0.5, 0.6) is 0 Å². The first-order valence-electron chi connectivity index (χ1n) is 4.77. The Bertz CT molecular complexity index is 560. The second-order valence-corrected chi connectivity index (χ2v) is 5.02. The Morgan fingerprint density at radius 3 is 2.59 bits per heavy atom. The summed E-state index contributed by atoms with van der Waals surface area (Å²) in [5.74, 6) is 0.495. The summed E-state index contributed by atoms with van der Waals surface area (Å²) in [5.41, 5.74) is 1.79. The molecule has 2 aromatic rings. The minimum atomic E-state index is 0.316. The van der Waals surface area contributed by atoms with E-state index in [1.54, 1.807) is 6.20 Å². The van der Waals surface area contributed by atoms with Crippen molar-refractivity contribution in [2.24, 2.45) is 0 Å². The zero-order chi connectivity index (χ0) is 12.4. The Hall–Kier alpha value is -0.840. The highest BCUT2D eigenvalue weighted by molar-refractivity contribution is 9.10. The largest absolute Gasteiger partial charge is 0.337 e. The number of anilines is 2. The number of nitrogens with zero attached hydrogens (tertiary/aromatic N) is 2. The molecule has 1 aromatic heterocycles. The molecule has 0 aliphatic heterocycles. The summed E-state index contributed by atoms with van der Waals surface area (Å²) >= 11 is 15.4. The minimum absolute atomic E-state index is 0.316. The zero-order valence-electron chi connectivity index (χ0n) is 8.84. The Balaban J connectivity index is 2.37. The third kappa shape index (κ3) is 2.89. The molecule has 0 radical (unpaired) electrons. The third-order valence-corrected chi connectivity index (χ3v) is 3.49. The highest BCUT2D eigenvalue weighted by Crippen LogP contribution is 2.32. The van der Waals surface area contributed by atoms with Crippen LogP contribution in [0.4, 0.5) is 11.5 Å². The summed E-state index contributed by atoms with van der Waals surface area (Å²) in [7, 11) is 0. The molecule has 0 bridgehead atoms. The molecule has 0 fully saturated rings. The van der Waals surface area contributed by atoms with Crippen LogP contribution in [-0.4, -0.2) is 9.97 Å². The van der Waals surface area contributed by atoms with E-state index < -0.39 is 0 Å². The molecule has 88 valence electrons. The third-order valence-electron chi connectivity index (χ3n) is 2.15. The van der Waals surface area contributed by atoms with Gasteiger partial charge in [0, 0.05) is 21.9 Å². The van der Waals surface area contributed by atoms with Crippen molar-refractivity contribution in [2.45, 2.75) is 6.92 Å². The highest BCUT2D eigenvalue weighted by atomic mass is 79.9. The average molecular weight is 333 g/mol. The first-order chi connectivity index (χ1) is 8.08. The van der Waals surface area contributed by atoms with Gasteiger partial charge in [-0.3, -0.25) is 0 Å². The van der Waals surface area contributed by atoms with Gasteiger partial charge in [-0.05, 0) is 40.5 Å². The van der Waals surface area contributed by atoms with Crippen molar-refractivity contribution < 1.29 is 0 Å². The van der Waals surface area contributed by atoms with E-state index in [0.29, 0.717) is 16.0 Å². The predicted molar refractivity (Wildman–Crippen MR) is 74.2 cm³/mol. The molecule has 3 nitrogen and oxygen atoms in total. The summed E-state index contributed by atoms with van der Waals surface area (Å²) in [5, 5.41) is 4.06. The lowest BCUT2D eigenvalue weighted by Gasteiger charge is -2.10. The van der Waals surface area contributed by atoms with Crippen LogP contribution < -0.4 is 5.32 Å².